The number of aliphatic hydroxyl groups is 1. The Hall–Kier alpha value is -1.27. The van der Waals surface area contributed by atoms with Crippen molar-refractivity contribution in [1.82, 2.24) is 15.1 Å². The molecule has 0 unspecified atom stereocenters. The highest BCUT2D eigenvalue weighted by atomic mass is 16.3. The summed E-state index contributed by atoms with van der Waals surface area (Å²) >= 11 is 0. The average molecular weight is 199 g/mol. The average Bonchev–Trinajstić information content (AvgIpc) is 2.41. The summed E-state index contributed by atoms with van der Waals surface area (Å²) in [6.07, 6.45) is 0. The molecule has 6 N–H and O–H groups in total. The first kappa shape index (κ1) is 10.8. The predicted octanol–water partition coefficient (Wildman–Crippen LogP) is -1.06. The van der Waals surface area contributed by atoms with Crippen LogP contribution in [0.2, 0.25) is 0 Å². The predicted molar refractivity (Wildman–Crippen MR) is 55.7 cm³/mol. The zero-order chi connectivity index (χ0) is 10.6. The van der Waals surface area contributed by atoms with E-state index >= 15 is 0 Å². The van der Waals surface area contributed by atoms with Gasteiger partial charge in [0, 0.05) is 13.1 Å². The highest BCUT2D eigenvalue weighted by Gasteiger charge is 2.07. The van der Waals surface area contributed by atoms with Crippen molar-refractivity contribution in [3.63, 3.8) is 0 Å². The van der Waals surface area contributed by atoms with E-state index in [4.69, 9.17) is 16.6 Å². The van der Waals surface area contributed by atoms with Crippen LogP contribution in [0.4, 0.5) is 11.5 Å². The Bertz CT molecular complexity index is 296. The van der Waals surface area contributed by atoms with Crippen molar-refractivity contribution < 1.29 is 5.11 Å². The molecule has 14 heavy (non-hydrogen) atoms. The maximum atomic E-state index is 8.54. The normalized spacial score (nSPS) is 10.7. The van der Waals surface area contributed by atoms with Gasteiger partial charge in [0.25, 0.3) is 0 Å². The molecule has 6 heteroatoms. The molecule has 1 heterocycles. The minimum atomic E-state index is 0.141. The fourth-order valence-corrected chi connectivity index (χ4v) is 1.19. The summed E-state index contributed by atoms with van der Waals surface area (Å²) < 4.78 is 1.76. The molecule has 6 nitrogen and oxygen atoms in total. The van der Waals surface area contributed by atoms with E-state index in [-0.39, 0.29) is 6.61 Å². The summed E-state index contributed by atoms with van der Waals surface area (Å²) in [5.74, 6) is 0.379. The molecule has 0 amide bonds. The largest absolute Gasteiger partial charge is 0.395 e. The molecule has 0 aromatic carbocycles. The lowest BCUT2D eigenvalue weighted by Gasteiger charge is -2.04. The minimum absolute atomic E-state index is 0.141. The monoisotopic (exact) mass is 199 g/mol. The third kappa shape index (κ3) is 2.36. The second-order valence-electron chi connectivity index (χ2n) is 3.08. The van der Waals surface area contributed by atoms with Crippen LogP contribution in [0.5, 0.6) is 0 Å². The van der Waals surface area contributed by atoms with Gasteiger partial charge in [0.05, 0.1) is 24.5 Å². The van der Waals surface area contributed by atoms with E-state index in [0.717, 1.165) is 12.2 Å². The van der Waals surface area contributed by atoms with Gasteiger partial charge in [-0.2, -0.15) is 5.10 Å². The number of nitrogens with one attached hydrogen (secondary N) is 1. The summed E-state index contributed by atoms with van der Waals surface area (Å²) in [6.45, 7) is 4.05. The van der Waals surface area contributed by atoms with Gasteiger partial charge in [0.15, 0.2) is 5.82 Å². The third-order valence-electron chi connectivity index (χ3n) is 2.07. The van der Waals surface area contributed by atoms with E-state index in [1.165, 1.54) is 0 Å². The Kier molecular flexibility index (Phi) is 3.73. The van der Waals surface area contributed by atoms with Crippen LogP contribution in [-0.4, -0.2) is 34.6 Å². The van der Waals surface area contributed by atoms with Gasteiger partial charge in [-0.1, -0.05) is 0 Å². The molecular formula is C8H17N5O. The lowest BCUT2D eigenvalue weighted by Crippen LogP contribution is -2.23. The lowest BCUT2D eigenvalue weighted by molar-refractivity contribution is 0.291. The number of nitrogen functional groups attached to an aromatic ring is 2. The van der Waals surface area contributed by atoms with E-state index in [9.17, 15) is 0 Å². The first-order valence-electron chi connectivity index (χ1n) is 4.56. The molecular weight excluding hydrogens is 182 g/mol. The molecule has 1 rings (SSSR count). The molecule has 1 aromatic heterocycles. The molecule has 0 fully saturated rings. The van der Waals surface area contributed by atoms with Crippen molar-refractivity contribution in [3.8, 4) is 0 Å². The van der Waals surface area contributed by atoms with Crippen LogP contribution in [0.25, 0.3) is 0 Å². The number of hydrogen-bond donors (Lipinski definition) is 4. The zero-order valence-corrected chi connectivity index (χ0v) is 8.32. The first-order valence-corrected chi connectivity index (χ1v) is 4.56. The van der Waals surface area contributed by atoms with Gasteiger partial charge < -0.3 is 21.9 Å². The molecule has 0 radical (unpaired) electrons. The van der Waals surface area contributed by atoms with Crippen LogP contribution in [0.3, 0.4) is 0 Å². The number of hydrogen-bond acceptors (Lipinski definition) is 5. The van der Waals surface area contributed by atoms with E-state index in [1.807, 2.05) is 6.92 Å². The Morgan fingerprint density at radius 3 is 2.64 bits per heavy atom. The quantitative estimate of drug-likeness (QED) is 0.453. The Balaban J connectivity index is 2.47. The van der Waals surface area contributed by atoms with Gasteiger partial charge in [0.2, 0.25) is 0 Å². The zero-order valence-electron chi connectivity index (χ0n) is 8.32. The van der Waals surface area contributed by atoms with Crippen LogP contribution in [0, 0.1) is 6.92 Å². The van der Waals surface area contributed by atoms with Crippen LogP contribution >= 0.6 is 0 Å². The van der Waals surface area contributed by atoms with E-state index in [0.29, 0.717) is 24.6 Å². The number of nitrogens with two attached hydrogens (primary N) is 2. The van der Waals surface area contributed by atoms with Crippen molar-refractivity contribution in [1.29, 1.82) is 0 Å². The molecule has 0 aliphatic rings. The van der Waals surface area contributed by atoms with Gasteiger partial charge in [-0.05, 0) is 6.92 Å². The van der Waals surface area contributed by atoms with Crippen LogP contribution in [-0.2, 0) is 6.54 Å². The van der Waals surface area contributed by atoms with Crippen molar-refractivity contribution in [2.75, 3.05) is 31.2 Å². The van der Waals surface area contributed by atoms with E-state index < -0.39 is 0 Å². The van der Waals surface area contributed by atoms with E-state index in [2.05, 4.69) is 10.4 Å². The number of aliphatic hydroxyl groups excluding tert-OH is 1. The second kappa shape index (κ2) is 4.83. The maximum absolute atomic E-state index is 8.54. The third-order valence-corrected chi connectivity index (χ3v) is 2.07. The highest BCUT2D eigenvalue weighted by molar-refractivity contribution is 5.61. The summed E-state index contributed by atoms with van der Waals surface area (Å²) in [5, 5.41) is 15.7. The number of nitrogens with zero attached hydrogens (tertiary/aromatic N) is 2. The smallest absolute Gasteiger partial charge is 0.168 e. The van der Waals surface area contributed by atoms with Crippen molar-refractivity contribution in [2.45, 2.75) is 13.5 Å². The Morgan fingerprint density at radius 1 is 1.43 bits per heavy atom. The lowest BCUT2D eigenvalue weighted by atomic mass is 10.4. The SMILES string of the molecule is Cc1c(N)c(N)nn1CCNCCO. The molecule has 0 spiro atoms. The number of rotatable bonds is 5. The summed E-state index contributed by atoms with van der Waals surface area (Å²) in [4.78, 5) is 0. The standard InChI is InChI=1S/C8H17N5O/c1-6-7(9)8(10)12-13(6)4-2-11-3-5-14/h11,14H,2-5,9H2,1H3,(H2,10,12). The van der Waals surface area contributed by atoms with Gasteiger partial charge in [0.1, 0.15) is 0 Å². The molecule has 0 aliphatic carbocycles. The minimum Gasteiger partial charge on any atom is -0.395 e. The molecule has 0 bridgehead atoms. The van der Waals surface area contributed by atoms with Crippen molar-refractivity contribution in [2.24, 2.45) is 0 Å². The fourth-order valence-electron chi connectivity index (χ4n) is 1.19. The first-order chi connectivity index (χ1) is 6.66. The van der Waals surface area contributed by atoms with Gasteiger partial charge in [-0.3, -0.25) is 4.68 Å². The molecule has 80 valence electrons. The number of aromatic nitrogens is 2. The Labute approximate surface area is 82.9 Å². The van der Waals surface area contributed by atoms with Crippen LogP contribution < -0.4 is 16.8 Å². The molecule has 1 aromatic rings. The fraction of sp³-hybridized carbons (Fsp3) is 0.625. The van der Waals surface area contributed by atoms with E-state index in [1.54, 1.807) is 4.68 Å². The second-order valence-corrected chi connectivity index (χ2v) is 3.08. The van der Waals surface area contributed by atoms with Crippen LogP contribution in [0.15, 0.2) is 0 Å². The molecule has 0 saturated heterocycles. The summed E-state index contributed by atoms with van der Waals surface area (Å²) in [5.41, 5.74) is 12.6. The Morgan fingerprint density at radius 2 is 2.14 bits per heavy atom. The summed E-state index contributed by atoms with van der Waals surface area (Å²) in [7, 11) is 0. The maximum Gasteiger partial charge on any atom is 0.168 e. The molecule has 0 atom stereocenters. The van der Waals surface area contributed by atoms with Gasteiger partial charge in [-0.15, -0.1) is 0 Å². The van der Waals surface area contributed by atoms with Crippen molar-refractivity contribution >= 4 is 11.5 Å². The van der Waals surface area contributed by atoms with Crippen molar-refractivity contribution in [3.05, 3.63) is 5.69 Å². The van der Waals surface area contributed by atoms with Crippen LogP contribution in [0.1, 0.15) is 5.69 Å². The summed E-state index contributed by atoms with van der Waals surface area (Å²) in [6, 6.07) is 0. The van der Waals surface area contributed by atoms with Gasteiger partial charge in [-0.25, -0.2) is 0 Å². The number of anilines is 2. The highest BCUT2D eigenvalue weighted by Crippen LogP contribution is 2.16. The van der Waals surface area contributed by atoms with Gasteiger partial charge >= 0.3 is 0 Å². The topological polar surface area (TPSA) is 102 Å². The molecule has 0 saturated carbocycles. The molecule has 0 aliphatic heterocycles.